The number of hydrogen-bond donors (Lipinski definition) is 2. The summed E-state index contributed by atoms with van der Waals surface area (Å²) in [5.74, 6) is 0.688. The van der Waals surface area contributed by atoms with Gasteiger partial charge in [0.25, 0.3) is 0 Å². The summed E-state index contributed by atoms with van der Waals surface area (Å²) < 4.78 is 44.8. The molecule has 0 bridgehead atoms. The van der Waals surface area contributed by atoms with Crippen LogP contribution in [0.4, 0.5) is 18.9 Å². The van der Waals surface area contributed by atoms with Crippen molar-refractivity contribution in [2.24, 2.45) is 4.99 Å². The topological polar surface area (TPSA) is 78.6 Å². The molecule has 5 rings (SSSR count). The van der Waals surface area contributed by atoms with Crippen LogP contribution in [0.25, 0.3) is 5.70 Å². The average molecular weight is 444 g/mol. The lowest BCUT2D eigenvalue weighted by molar-refractivity contribution is -0.171. The summed E-state index contributed by atoms with van der Waals surface area (Å²) in [5, 5.41) is 13.9. The van der Waals surface area contributed by atoms with Gasteiger partial charge in [-0.3, -0.25) is 4.99 Å². The molecular formula is C22H23F3N6O. The molecule has 0 spiro atoms. The molecule has 0 amide bonds. The summed E-state index contributed by atoms with van der Waals surface area (Å²) in [6.45, 7) is 8.18. The second kappa shape index (κ2) is 7.68. The molecule has 0 radical (unpaired) electrons. The van der Waals surface area contributed by atoms with E-state index in [1.165, 1.54) is 4.90 Å². The van der Waals surface area contributed by atoms with Crippen molar-refractivity contribution < 1.29 is 17.8 Å². The molecule has 168 valence electrons. The van der Waals surface area contributed by atoms with Crippen molar-refractivity contribution in [3.63, 3.8) is 0 Å². The summed E-state index contributed by atoms with van der Waals surface area (Å²) in [7, 11) is 0. The first-order chi connectivity index (χ1) is 15.3. The van der Waals surface area contributed by atoms with Gasteiger partial charge in [0.2, 0.25) is 0 Å². The Morgan fingerprint density at radius 2 is 2.09 bits per heavy atom. The number of aliphatic imine (C=N–C) groups is 1. The molecule has 3 heterocycles. The zero-order valence-electron chi connectivity index (χ0n) is 17.4. The van der Waals surface area contributed by atoms with Gasteiger partial charge in [0, 0.05) is 31.1 Å². The largest absolute Gasteiger partial charge is 0.410 e. The Bertz CT molecular complexity index is 1100. The molecule has 1 saturated carbocycles. The fraction of sp³-hybridized carbons (Fsp3) is 0.409. The highest BCUT2D eigenvalue weighted by Gasteiger charge is 2.47. The minimum atomic E-state index is -4.32. The number of nitrogens with one attached hydrogen (secondary N) is 2. The van der Waals surface area contributed by atoms with Crippen LogP contribution in [-0.2, 0) is 13.0 Å². The number of rotatable bonds is 7. The van der Waals surface area contributed by atoms with Crippen molar-refractivity contribution in [2.75, 3.05) is 13.1 Å². The van der Waals surface area contributed by atoms with Crippen molar-refractivity contribution in [3.8, 4) is 0 Å². The van der Waals surface area contributed by atoms with E-state index < -0.39 is 12.2 Å². The van der Waals surface area contributed by atoms with Crippen LogP contribution in [0.2, 0.25) is 0 Å². The Morgan fingerprint density at radius 3 is 2.84 bits per heavy atom. The third-order valence-electron chi connectivity index (χ3n) is 6.05. The predicted molar refractivity (Wildman–Crippen MR) is 113 cm³/mol. The molecule has 1 saturated heterocycles. The van der Waals surface area contributed by atoms with Gasteiger partial charge in [-0.15, -0.1) is 0 Å². The number of hydrogen-bond acceptors (Lipinski definition) is 7. The Labute approximate surface area is 183 Å². The van der Waals surface area contributed by atoms with Crippen LogP contribution < -0.4 is 10.6 Å². The van der Waals surface area contributed by atoms with E-state index in [4.69, 9.17) is 4.63 Å². The lowest BCUT2D eigenvalue weighted by atomic mass is 10.1. The van der Waals surface area contributed by atoms with Gasteiger partial charge < -0.3 is 15.5 Å². The van der Waals surface area contributed by atoms with E-state index in [0.29, 0.717) is 30.3 Å². The van der Waals surface area contributed by atoms with Crippen LogP contribution in [0, 0.1) is 0 Å². The Kier molecular flexibility index (Phi) is 4.94. The molecule has 1 aliphatic carbocycles. The van der Waals surface area contributed by atoms with E-state index >= 15 is 0 Å². The van der Waals surface area contributed by atoms with Gasteiger partial charge >= 0.3 is 6.18 Å². The lowest BCUT2D eigenvalue weighted by Gasteiger charge is -2.27. The number of benzene rings is 1. The number of alkyl halides is 3. The molecule has 1 aromatic carbocycles. The van der Waals surface area contributed by atoms with E-state index in [1.807, 2.05) is 18.2 Å². The molecule has 3 aliphatic rings. The minimum absolute atomic E-state index is 0.117. The second-order valence-corrected chi connectivity index (χ2v) is 8.44. The summed E-state index contributed by atoms with van der Waals surface area (Å²) in [6.07, 6.45) is -1.47. The highest BCUT2D eigenvalue weighted by Crippen LogP contribution is 2.41. The highest BCUT2D eigenvalue weighted by molar-refractivity contribution is 5.96. The summed E-state index contributed by atoms with van der Waals surface area (Å²) >= 11 is 0. The first-order valence-corrected chi connectivity index (χ1v) is 10.5. The smallest absolute Gasteiger partial charge is 0.378 e. The van der Waals surface area contributed by atoms with Gasteiger partial charge in [0.15, 0.2) is 5.69 Å². The zero-order valence-corrected chi connectivity index (χ0v) is 17.4. The Morgan fingerprint density at radius 1 is 1.28 bits per heavy atom. The third kappa shape index (κ3) is 3.96. The van der Waals surface area contributed by atoms with E-state index in [2.05, 4.69) is 39.1 Å². The normalized spacial score (nSPS) is 20.2. The fourth-order valence-corrected chi connectivity index (χ4v) is 4.12. The maximum Gasteiger partial charge on any atom is 0.410 e. The van der Waals surface area contributed by atoms with Gasteiger partial charge in [-0.25, -0.2) is 4.63 Å². The molecule has 2 aliphatic heterocycles. The summed E-state index contributed by atoms with van der Waals surface area (Å²) in [4.78, 5) is 5.93. The number of nitrogens with zero attached hydrogens (tertiary/aromatic N) is 4. The molecule has 10 heteroatoms. The number of fused-ring (bicyclic) bond motifs is 1. The molecule has 32 heavy (non-hydrogen) atoms. The highest BCUT2D eigenvalue weighted by atomic mass is 19.4. The van der Waals surface area contributed by atoms with Gasteiger partial charge in [-0.1, -0.05) is 30.4 Å². The first-order valence-electron chi connectivity index (χ1n) is 10.5. The average Bonchev–Trinajstić information content (AvgIpc) is 3.16. The standard InChI is InChI=1S/C22H23F3N6O/c1-12(20-21(15-5-6-15)30-32-29-20)26-9-17-8-16-4-3-14(7-18(16)28-17)11-31-13(2)27-10-19(31)22(23,24)25/h3-4,7,15,19,26-27H,1-2,5-6,8-11H2. The monoisotopic (exact) mass is 444 g/mol. The van der Waals surface area contributed by atoms with Gasteiger partial charge in [-0.05, 0) is 35.2 Å². The molecule has 2 N–H and O–H groups in total. The molecule has 2 fully saturated rings. The molecule has 2 aromatic rings. The van der Waals surface area contributed by atoms with Crippen LogP contribution in [0.15, 0.2) is 46.8 Å². The molecule has 1 atom stereocenters. The van der Waals surface area contributed by atoms with Crippen LogP contribution in [0.5, 0.6) is 0 Å². The van der Waals surface area contributed by atoms with Crippen LogP contribution in [-0.4, -0.2) is 46.2 Å². The molecule has 1 aromatic heterocycles. The molecule has 7 nitrogen and oxygen atoms in total. The minimum Gasteiger partial charge on any atom is -0.378 e. The van der Waals surface area contributed by atoms with E-state index in [-0.39, 0.29) is 18.9 Å². The Hall–Kier alpha value is -3.30. The third-order valence-corrected chi connectivity index (χ3v) is 6.05. The maximum absolute atomic E-state index is 13.3. The fourth-order valence-electron chi connectivity index (χ4n) is 4.12. The van der Waals surface area contributed by atoms with Crippen molar-refractivity contribution in [3.05, 3.63) is 59.7 Å². The van der Waals surface area contributed by atoms with Crippen LogP contribution in [0.1, 0.15) is 41.3 Å². The Balaban J connectivity index is 1.24. The first kappa shape index (κ1) is 20.6. The lowest BCUT2D eigenvalue weighted by Crippen LogP contribution is -2.41. The molecule has 1 unspecified atom stereocenters. The van der Waals surface area contributed by atoms with E-state index in [0.717, 1.165) is 41.1 Å². The van der Waals surface area contributed by atoms with Crippen LogP contribution >= 0.6 is 0 Å². The van der Waals surface area contributed by atoms with Gasteiger partial charge in [-0.2, -0.15) is 13.2 Å². The van der Waals surface area contributed by atoms with Crippen LogP contribution in [0.3, 0.4) is 0 Å². The van der Waals surface area contributed by atoms with Crippen molar-refractivity contribution in [2.45, 2.75) is 43.9 Å². The quantitative estimate of drug-likeness (QED) is 0.679. The zero-order chi connectivity index (χ0) is 22.5. The van der Waals surface area contributed by atoms with Gasteiger partial charge in [0.05, 0.1) is 23.8 Å². The summed E-state index contributed by atoms with van der Waals surface area (Å²) in [5.41, 5.74) is 5.65. The van der Waals surface area contributed by atoms with E-state index in [9.17, 15) is 13.2 Å². The maximum atomic E-state index is 13.3. The number of aromatic nitrogens is 2. The second-order valence-electron chi connectivity index (χ2n) is 8.44. The molecular weight excluding hydrogens is 421 g/mol. The van der Waals surface area contributed by atoms with Crippen molar-refractivity contribution in [1.82, 2.24) is 25.8 Å². The van der Waals surface area contributed by atoms with Crippen molar-refractivity contribution in [1.29, 1.82) is 0 Å². The van der Waals surface area contributed by atoms with Crippen molar-refractivity contribution >= 4 is 17.1 Å². The summed E-state index contributed by atoms with van der Waals surface area (Å²) in [6, 6.07) is 4.05. The SMILES string of the molecule is C=C(NCC1=Nc2cc(CN3C(=C)NCC3C(F)(F)F)ccc2C1)c1nonc1C1CC1. The van der Waals surface area contributed by atoms with E-state index in [1.54, 1.807) is 0 Å². The van der Waals surface area contributed by atoms with Gasteiger partial charge in [0.1, 0.15) is 11.7 Å². The number of halogens is 3. The predicted octanol–water partition coefficient (Wildman–Crippen LogP) is 3.64.